The van der Waals surface area contributed by atoms with Gasteiger partial charge >= 0.3 is 0 Å². The molecule has 2 fully saturated rings. The molecule has 1 saturated heterocycles. The first-order valence-electron chi connectivity index (χ1n) is 14.4. The predicted molar refractivity (Wildman–Crippen MR) is 158 cm³/mol. The lowest BCUT2D eigenvalue weighted by Gasteiger charge is -2.35. The molecule has 12 heteroatoms. The normalized spacial score (nSPS) is 21.6. The van der Waals surface area contributed by atoms with Gasteiger partial charge in [-0.3, -0.25) is 39.1 Å². The van der Waals surface area contributed by atoms with Crippen molar-refractivity contribution in [3.05, 3.63) is 71.1 Å². The lowest BCUT2D eigenvalue weighted by atomic mass is 9.77. The molecule has 0 bridgehead atoms. The maximum atomic E-state index is 13.0. The fourth-order valence-corrected chi connectivity index (χ4v) is 6.32. The molecule has 11 nitrogen and oxygen atoms in total. The van der Waals surface area contributed by atoms with E-state index < -0.39 is 29.7 Å². The largest absolute Gasteiger partial charge is 0.385 e. The Hall–Kier alpha value is -4.64. The summed E-state index contributed by atoms with van der Waals surface area (Å²) in [5.41, 5.74) is 4.55. The first kappa shape index (κ1) is 27.2. The van der Waals surface area contributed by atoms with Gasteiger partial charge in [-0.05, 0) is 74.4 Å². The van der Waals surface area contributed by atoms with Crippen LogP contribution in [0.3, 0.4) is 0 Å². The summed E-state index contributed by atoms with van der Waals surface area (Å²) in [6, 6.07) is 9.94. The number of benzene rings is 2. The van der Waals surface area contributed by atoms with Crippen LogP contribution in [0, 0.1) is 5.92 Å². The third kappa shape index (κ3) is 5.14. The van der Waals surface area contributed by atoms with Crippen molar-refractivity contribution >= 4 is 52.0 Å². The van der Waals surface area contributed by atoms with E-state index in [4.69, 9.17) is 16.6 Å². The highest BCUT2D eigenvalue weighted by atomic mass is 35.5. The number of anilines is 1. The standard InChI is InChI=1S/C31H28ClN7O4/c32-19-3-6-24-25(12-19)36-26(15-34-24)18-14-35-38(16-18)21-10-17(11-21)2-1-9-33-20-4-5-22-23(13-20)31(43)39(30(22)42)27-7-8-28(40)37-29(27)41/h3-6,12-17,21,27,33H,1-2,7-11H2,(H,37,40,41). The number of amides is 4. The molecule has 1 aliphatic carbocycles. The summed E-state index contributed by atoms with van der Waals surface area (Å²) in [6.45, 7) is 0.732. The molecule has 3 aliphatic rings. The molecule has 218 valence electrons. The molecule has 2 N–H and O–H groups in total. The third-order valence-corrected chi connectivity index (χ3v) is 8.78. The molecule has 4 aromatic rings. The smallest absolute Gasteiger partial charge is 0.262 e. The van der Waals surface area contributed by atoms with Crippen LogP contribution < -0.4 is 10.6 Å². The zero-order valence-corrected chi connectivity index (χ0v) is 23.9. The van der Waals surface area contributed by atoms with Crippen LogP contribution in [0.2, 0.25) is 5.02 Å². The number of hydrogen-bond acceptors (Lipinski definition) is 8. The van der Waals surface area contributed by atoms with E-state index in [0.717, 1.165) is 65.1 Å². The highest BCUT2D eigenvalue weighted by molar-refractivity contribution is 6.31. The number of carbonyl (C=O) groups excluding carboxylic acids is 4. The second kappa shape index (κ2) is 10.9. The second-order valence-corrected chi connectivity index (χ2v) is 11.8. The van der Waals surface area contributed by atoms with E-state index in [1.807, 2.05) is 29.2 Å². The molecular weight excluding hydrogens is 570 g/mol. The zero-order chi connectivity index (χ0) is 29.7. The summed E-state index contributed by atoms with van der Waals surface area (Å²) < 4.78 is 2.02. The van der Waals surface area contributed by atoms with Gasteiger partial charge in [-0.2, -0.15) is 5.10 Å². The summed E-state index contributed by atoms with van der Waals surface area (Å²) in [5, 5.41) is 10.8. The number of aromatic nitrogens is 4. The monoisotopic (exact) mass is 597 g/mol. The molecule has 7 rings (SSSR count). The molecule has 2 aromatic heterocycles. The lowest BCUT2D eigenvalue weighted by Crippen LogP contribution is -2.54. The maximum Gasteiger partial charge on any atom is 0.262 e. The average molecular weight is 598 g/mol. The number of imide groups is 2. The van der Waals surface area contributed by atoms with E-state index in [0.29, 0.717) is 17.0 Å². The van der Waals surface area contributed by atoms with Crippen LogP contribution in [0.4, 0.5) is 5.69 Å². The molecule has 4 amide bonds. The van der Waals surface area contributed by atoms with Crippen LogP contribution in [0.5, 0.6) is 0 Å². The minimum absolute atomic E-state index is 0.0952. The van der Waals surface area contributed by atoms with E-state index in [1.54, 1.807) is 30.5 Å². The molecule has 0 radical (unpaired) electrons. The van der Waals surface area contributed by atoms with Gasteiger partial charge in [0, 0.05) is 35.4 Å². The maximum absolute atomic E-state index is 13.0. The molecular formula is C31H28ClN7O4. The van der Waals surface area contributed by atoms with Crippen LogP contribution in [-0.2, 0) is 9.59 Å². The number of fused-ring (bicyclic) bond motifs is 2. The Morgan fingerprint density at radius 2 is 1.81 bits per heavy atom. The number of nitrogens with one attached hydrogen (secondary N) is 2. The molecule has 2 aliphatic heterocycles. The van der Waals surface area contributed by atoms with E-state index in [2.05, 4.69) is 20.7 Å². The summed E-state index contributed by atoms with van der Waals surface area (Å²) in [6.07, 6.45) is 10.0. The van der Waals surface area contributed by atoms with Gasteiger partial charge in [-0.25, -0.2) is 4.98 Å². The second-order valence-electron chi connectivity index (χ2n) is 11.4. The fraction of sp³-hybridized carbons (Fsp3) is 0.323. The van der Waals surface area contributed by atoms with E-state index in [1.165, 1.54) is 0 Å². The Bertz CT molecular complexity index is 1800. The Kier molecular flexibility index (Phi) is 6.89. The molecule has 2 aromatic carbocycles. The van der Waals surface area contributed by atoms with Gasteiger partial charge in [-0.1, -0.05) is 11.6 Å². The van der Waals surface area contributed by atoms with Crippen molar-refractivity contribution in [3.63, 3.8) is 0 Å². The van der Waals surface area contributed by atoms with Crippen molar-refractivity contribution in [1.82, 2.24) is 30.0 Å². The summed E-state index contributed by atoms with van der Waals surface area (Å²) >= 11 is 6.11. The van der Waals surface area contributed by atoms with Gasteiger partial charge in [0.15, 0.2) is 0 Å². The molecule has 1 atom stereocenters. The number of halogens is 1. The average Bonchev–Trinajstić information content (AvgIpc) is 3.55. The fourth-order valence-electron chi connectivity index (χ4n) is 6.15. The van der Waals surface area contributed by atoms with Gasteiger partial charge in [0.1, 0.15) is 6.04 Å². The Labute approximate surface area is 251 Å². The van der Waals surface area contributed by atoms with Gasteiger partial charge < -0.3 is 5.32 Å². The number of piperidine rings is 1. The van der Waals surface area contributed by atoms with E-state index in [-0.39, 0.29) is 24.0 Å². The van der Waals surface area contributed by atoms with Crippen LogP contribution in [0.15, 0.2) is 55.0 Å². The van der Waals surface area contributed by atoms with Gasteiger partial charge in [0.25, 0.3) is 11.8 Å². The number of rotatable bonds is 8. The first-order valence-corrected chi connectivity index (χ1v) is 14.8. The highest BCUT2D eigenvalue weighted by Crippen LogP contribution is 2.40. The summed E-state index contributed by atoms with van der Waals surface area (Å²) in [4.78, 5) is 59.8. The molecule has 0 spiro atoms. The van der Waals surface area contributed by atoms with E-state index in [9.17, 15) is 19.2 Å². The number of hydrogen-bond donors (Lipinski definition) is 2. The summed E-state index contributed by atoms with van der Waals surface area (Å²) in [5.74, 6) is -1.39. The van der Waals surface area contributed by atoms with Crippen molar-refractivity contribution in [3.8, 4) is 11.3 Å². The quantitative estimate of drug-likeness (QED) is 0.225. The lowest BCUT2D eigenvalue weighted by molar-refractivity contribution is -0.136. The predicted octanol–water partition coefficient (Wildman–Crippen LogP) is 4.39. The van der Waals surface area contributed by atoms with Crippen LogP contribution in [-0.4, -0.2) is 60.9 Å². The zero-order valence-electron chi connectivity index (χ0n) is 23.1. The van der Waals surface area contributed by atoms with Crippen LogP contribution in [0.1, 0.15) is 65.3 Å². The third-order valence-electron chi connectivity index (χ3n) is 8.54. The van der Waals surface area contributed by atoms with Crippen LogP contribution >= 0.6 is 11.6 Å². The Morgan fingerprint density at radius 1 is 0.977 bits per heavy atom. The molecule has 1 unspecified atom stereocenters. The van der Waals surface area contributed by atoms with Crippen molar-refractivity contribution < 1.29 is 19.2 Å². The van der Waals surface area contributed by atoms with Crippen molar-refractivity contribution in [2.24, 2.45) is 5.92 Å². The topological polar surface area (TPSA) is 139 Å². The van der Waals surface area contributed by atoms with Gasteiger partial charge in [-0.15, -0.1) is 0 Å². The van der Waals surface area contributed by atoms with Crippen molar-refractivity contribution in [1.29, 1.82) is 0 Å². The SMILES string of the molecule is O=C1CCC(N2C(=O)c3ccc(NCCCC4CC(n5cc(-c6cnc7ccc(Cl)cc7n6)cn5)C4)cc3C2=O)C(=O)N1. The van der Waals surface area contributed by atoms with Crippen molar-refractivity contribution in [2.75, 3.05) is 11.9 Å². The number of nitrogens with zero attached hydrogens (tertiary/aromatic N) is 5. The molecule has 4 heterocycles. The van der Waals surface area contributed by atoms with Gasteiger partial charge in [0.2, 0.25) is 11.8 Å². The van der Waals surface area contributed by atoms with Crippen LogP contribution in [0.25, 0.3) is 22.3 Å². The summed E-state index contributed by atoms with van der Waals surface area (Å²) in [7, 11) is 0. The highest BCUT2D eigenvalue weighted by Gasteiger charge is 2.44. The minimum atomic E-state index is -0.965. The first-order chi connectivity index (χ1) is 20.8. The van der Waals surface area contributed by atoms with E-state index >= 15 is 0 Å². The van der Waals surface area contributed by atoms with Gasteiger partial charge in [0.05, 0.1) is 46.3 Å². The molecule has 43 heavy (non-hydrogen) atoms. The Morgan fingerprint density at radius 3 is 2.65 bits per heavy atom. The number of carbonyl (C=O) groups is 4. The minimum Gasteiger partial charge on any atom is -0.385 e. The Balaban J connectivity index is 0.891. The molecule has 1 saturated carbocycles. The van der Waals surface area contributed by atoms with Crippen molar-refractivity contribution in [2.45, 2.75) is 50.6 Å².